The van der Waals surface area contributed by atoms with Crippen molar-refractivity contribution < 1.29 is 9.53 Å². The number of hydrogen-bond acceptors (Lipinski definition) is 3. The summed E-state index contributed by atoms with van der Waals surface area (Å²) >= 11 is 0. The van der Waals surface area contributed by atoms with Crippen molar-refractivity contribution >= 4 is 11.6 Å². The van der Waals surface area contributed by atoms with Crippen molar-refractivity contribution in [1.82, 2.24) is 0 Å². The van der Waals surface area contributed by atoms with Gasteiger partial charge in [-0.25, -0.2) is 0 Å². The van der Waals surface area contributed by atoms with Gasteiger partial charge in [-0.15, -0.1) is 0 Å². The van der Waals surface area contributed by atoms with Crippen LogP contribution in [-0.4, -0.2) is 19.1 Å². The molecule has 2 rings (SSSR count). The molecule has 0 saturated carbocycles. The second-order valence-corrected chi connectivity index (χ2v) is 4.73. The van der Waals surface area contributed by atoms with Crippen LogP contribution in [0, 0.1) is 17.2 Å². The molecule has 0 radical (unpaired) electrons. The number of rotatable bonds is 5. The number of nitrogens with zero attached hydrogens (tertiary/aromatic N) is 2. The lowest BCUT2D eigenvalue weighted by atomic mass is 10.1. The quantitative estimate of drug-likeness (QED) is 0.763. The number of hydrogen-bond donors (Lipinski definition) is 0. The number of anilines is 1. The summed E-state index contributed by atoms with van der Waals surface area (Å²) in [5, 5.41) is 8.86. The molecule has 0 aromatic heterocycles. The Labute approximate surface area is 113 Å². The molecule has 1 aromatic rings. The van der Waals surface area contributed by atoms with E-state index in [9.17, 15) is 4.79 Å². The third-order valence-corrected chi connectivity index (χ3v) is 3.22. The van der Waals surface area contributed by atoms with Crippen LogP contribution >= 0.6 is 0 Å². The van der Waals surface area contributed by atoms with Gasteiger partial charge in [0.15, 0.2) is 0 Å². The summed E-state index contributed by atoms with van der Waals surface area (Å²) in [5.41, 5.74) is 0.839. The highest BCUT2D eigenvalue weighted by Crippen LogP contribution is 2.26. The second kappa shape index (κ2) is 6.24. The molecule has 1 saturated heterocycles. The number of carbonyl (C=O) groups is 1. The Hall–Kier alpha value is -2.02. The summed E-state index contributed by atoms with van der Waals surface area (Å²) in [4.78, 5) is 13.5. The average Bonchev–Trinajstić information content (AvgIpc) is 2.81. The molecule has 1 fully saturated rings. The Morgan fingerprint density at radius 2 is 2.16 bits per heavy atom. The van der Waals surface area contributed by atoms with E-state index in [0.29, 0.717) is 13.0 Å². The lowest BCUT2D eigenvalue weighted by Crippen LogP contribution is -2.24. The summed E-state index contributed by atoms with van der Waals surface area (Å²) in [7, 11) is 0. The highest BCUT2D eigenvalue weighted by atomic mass is 16.5. The zero-order valence-electron chi connectivity index (χ0n) is 11.1. The summed E-state index contributed by atoms with van der Waals surface area (Å²) in [6, 6.07) is 9.65. The molecule has 4 nitrogen and oxygen atoms in total. The molecule has 0 bridgehead atoms. The van der Waals surface area contributed by atoms with Crippen molar-refractivity contribution in [3.05, 3.63) is 24.3 Å². The smallest absolute Gasteiger partial charge is 0.228 e. The van der Waals surface area contributed by atoms with Crippen LogP contribution in [0.25, 0.3) is 0 Å². The minimum absolute atomic E-state index is 0.0196. The molecule has 1 heterocycles. The first-order valence-electron chi connectivity index (χ1n) is 6.67. The van der Waals surface area contributed by atoms with Gasteiger partial charge in [0.1, 0.15) is 5.75 Å². The maximum absolute atomic E-state index is 11.8. The highest BCUT2D eigenvalue weighted by molar-refractivity contribution is 5.96. The Kier molecular flexibility index (Phi) is 4.40. The van der Waals surface area contributed by atoms with Gasteiger partial charge in [0, 0.05) is 18.7 Å². The number of nitriles is 1. The fourth-order valence-corrected chi connectivity index (χ4v) is 2.10. The van der Waals surface area contributed by atoms with Crippen molar-refractivity contribution in [3.63, 3.8) is 0 Å². The molecule has 1 atom stereocenters. The first-order valence-corrected chi connectivity index (χ1v) is 6.67. The molecule has 1 amide bonds. The first-order chi connectivity index (χ1) is 9.24. The number of benzene rings is 1. The van der Waals surface area contributed by atoms with Gasteiger partial charge >= 0.3 is 0 Å². The fourth-order valence-electron chi connectivity index (χ4n) is 2.10. The largest absolute Gasteiger partial charge is 0.494 e. The van der Waals surface area contributed by atoms with Crippen LogP contribution in [0.2, 0.25) is 0 Å². The summed E-state index contributed by atoms with van der Waals surface area (Å²) in [5.74, 6) is 0.653. The van der Waals surface area contributed by atoms with E-state index in [2.05, 4.69) is 13.0 Å². The molecule has 1 aliphatic heterocycles. The van der Waals surface area contributed by atoms with Gasteiger partial charge in [-0.3, -0.25) is 4.79 Å². The maximum Gasteiger partial charge on any atom is 0.228 e. The zero-order valence-corrected chi connectivity index (χ0v) is 11.1. The van der Waals surface area contributed by atoms with Crippen molar-refractivity contribution in [1.29, 1.82) is 5.26 Å². The van der Waals surface area contributed by atoms with Crippen molar-refractivity contribution in [3.8, 4) is 11.8 Å². The Bertz CT molecular complexity index is 476. The Morgan fingerprint density at radius 1 is 1.42 bits per heavy atom. The van der Waals surface area contributed by atoms with Crippen LogP contribution in [0.4, 0.5) is 5.69 Å². The van der Waals surface area contributed by atoms with Gasteiger partial charge in [0.05, 0.1) is 18.6 Å². The van der Waals surface area contributed by atoms with E-state index in [1.807, 2.05) is 24.3 Å². The second-order valence-electron chi connectivity index (χ2n) is 4.73. The molecule has 19 heavy (non-hydrogen) atoms. The van der Waals surface area contributed by atoms with Crippen LogP contribution in [0.5, 0.6) is 5.75 Å². The zero-order chi connectivity index (χ0) is 13.7. The predicted molar refractivity (Wildman–Crippen MR) is 72.9 cm³/mol. The fraction of sp³-hybridized carbons (Fsp3) is 0.467. The van der Waals surface area contributed by atoms with Gasteiger partial charge in [0.2, 0.25) is 5.91 Å². The average molecular weight is 258 g/mol. The Morgan fingerprint density at radius 3 is 2.74 bits per heavy atom. The van der Waals surface area contributed by atoms with Crippen LogP contribution < -0.4 is 9.64 Å². The van der Waals surface area contributed by atoms with Crippen LogP contribution in [-0.2, 0) is 4.79 Å². The van der Waals surface area contributed by atoms with Gasteiger partial charge < -0.3 is 9.64 Å². The van der Waals surface area contributed by atoms with Gasteiger partial charge in [0.25, 0.3) is 0 Å². The minimum atomic E-state index is -0.187. The van der Waals surface area contributed by atoms with E-state index >= 15 is 0 Å². The highest BCUT2D eigenvalue weighted by Gasteiger charge is 2.30. The Balaban J connectivity index is 1.99. The van der Waals surface area contributed by atoms with Gasteiger partial charge in [-0.2, -0.15) is 5.26 Å². The number of carbonyl (C=O) groups excluding carboxylic acids is 1. The van der Waals surface area contributed by atoms with Crippen LogP contribution in [0.1, 0.15) is 26.2 Å². The monoisotopic (exact) mass is 258 g/mol. The topological polar surface area (TPSA) is 53.3 Å². The minimum Gasteiger partial charge on any atom is -0.494 e. The number of ether oxygens (including phenoxy) is 1. The molecule has 1 unspecified atom stereocenters. The summed E-state index contributed by atoms with van der Waals surface area (Å²) in [6.45, 7) is 3.33. The lowest BCUT2D eigenvalue weighted by Gasteiger charge is -2.16. The van der Waals surface area contributed by atoms with Crippen molar-refractivity contribution in [2.75, 3.05) is 18.1 Å². The first kappa shape index (κ1) is 13.4. The van der Waals surface area contributed by atoms with E-state index in [1.165, 1.54) is 0 Å². The van der Waals surface area contributed by atoms with Gasteiger partial charge in [-0.05, 0) is 30.7 Å². The molecule has 0 aliphatic carbocycles. The summed E-state index contributed by atoms with van der Waals surface area (Å²) < 4.78 is 5.58. The molecule has 0 N–H and O–H groups in total. The van der Waals surface area contributed by atoms with E-state index in [1.54, 1.807) is 4.90 Å². The van der Waals surface area contributed by atoms with E-state index in [0.717, 1.165) is 30.9 Å². The molecule has 100 valence electrons. The maximum atomic E-state index is 11.8. The standard InChI is InChI=1S/C15H18N2O2/c1-2-3-8-19-14-6-4-13(5-7-14)17-11-12(10-16)9-15(17)18/h4-7,12H,2-3,8-9,11H2,1H3. The SMILES string of the molecule is CCCCOc1ccc(N2CC(C#N)CC2=O)cc1. The predicted octanol–water partition coefficient (Wildman–Crippen LogP) is 2.74. The normalized spacial score (nSPS) is 18.4. The lowest BCUT2D eigenvalue weighted by molar-refractivity contribution is -0.117. The molecule has 1 aliphatic rings. The molecular formula is C15H18N2O2. The van der Waals surface area contributed by atoms with E-state index < -0.39 is 0 Å². The van der Waals surface area contributed by atoms with Crippen molar-refractivity contribution in [2.24, 2.45) is 5.92 Å². The summed E-state index contributed by atoms with van der Waals surface area (Å²) in [6.07, 6.45) is 2.47. The number of unbranched alkanes of at least 4 members (excludes halogenated alkanes) is 1. The molecular weight excluding hydrogens is 240 g/mol. The number of amides is 1. The molecule has 1 aromatic carbocycles. The third-order valence-electron chi connectivity index (χ3n) is 3.22. The molecule has 0 spiro atoms. The van der Waals surface area contributed by atoms with Crippen LogP contribution in [0.15, 0.2) is 24.3 Å². The third kappa shape index (κ3) is 3.25. The molecule has 4 heteroatoms. The van der Waals surface area contributed by atoms with Gasteiger partial charge in [-0.1, -0.05) is 13.3 Å². The van der Waals surface area contributed by atoms with E-state index in [-0.39, 0.29) is 11.8 Å². The van der Waals surface area contributed by atoms with Crippen LogP contribution in [0.3, 0.4) is 0 Å². The van der Waals surface area contributed by atoms with Crippen molar-refractivity contribution in [2.45, 2.75) is 26.2 Å². The van der Waals surface area contributed by atoms with E-state index in [4.69, 9.17) is 10.00 Å².